The molecule has 0 bridgehead atoms. The van der Waals surface area contributed by atoms with Crippen LogP contribution >= 0.6 is 23.2 Å². The SMILES string of the molecule is CCS(=O)(=O)c1cccc(-c2ccc(-n3cc(C(=O)NC(C)(C)CO)nc3-c3c(Cl)cccc3Cl)cc2)c1. The highest BCUT2D eigenvalue weighted by atomic mass is 35.5. The number of aliphatic hydroxyl groups is 1. The Morgan fingerprint density at radius 2 is 1.63 bits per heavy atom. The van der Waals surface area contributed by atoms with Crippen LogP contribution in [0.2, 0.25) is 10.0 Å². The number of aliphatic hydroxyl groups excluding tert-OH is 1. The molecule has 7 nitrogen and oxygen atoms in total. The Labute approximate surface area is 232 Å². The van der Waals surface area contributed by atoms with Gasteiger partial charge in [0.15, 0.2) is 9.84 Å². The van der Waals surface area contributed by atoms with Crippen LogP contribution in [0, 0.1) is 0 Å². The Kier molecular flexibility index (Phi) is 7.99. The highest BCUT2D eigenvalue weighted by Crippen LogP contribution is 2.36. The summed E-state index contributed by atoms with van der Waals surface area (Å²) in [5.74, 6) is -0.0661. The van der Waals surface area contributed by atoms with Crippen molar-refractivity contribution < 1.29 is 18.3 Å². The van der Waals surface area contributed by atoms with Crippen LogP contribution < -0.4 is 5.32 Å². The number of aromatic nitrogens is 2. The van der Waals surface area contributed by atoms with Crippen LogP contribution in [0.4, 0.5) is 0 Å². The molecule has 1 amide bonds. The predicted octanol–water partition coefficient (Wildman–Crippen LogP) is 5.81. The summed E-state index contributed by atoms with van der Waals surface area (Å²) in [5.41, 5.74) is 2.02. The van der Waals surface area contributed by atoms with Gasteiger partial charge in [-0.25, -0.2) is 13.4 Å². The minimum atomic E-state index is -3.34. The van der Waals surface area contributed by atoms with E-state index in [1.807, 2.05) is 30.3 Å². The van der Waals surface area contributed by atoms with E-state index in [1.165, 1.54) is 0 Å². The molecule has 4 rings (SSSR count). The van der Waals surface area contributed by atoms with Crippen LogP contribution in [0.15, 0.2) is 77.8 Å². The van der Waals surface area contributed by atoms with Gasteiger partial charge < -0.3 is 10.4 Å². The molecule has 0 fully saturated rings. The molecule has 0 aliphatic carbocycles. The van der Waals surface area contributed by atoms with Gasteiger partial charge in [0.2, 0.25) is 0 Å². The van der Waals surface area contributed by atoms with Crippen molar-refractivity contribution in [2.24, 2.45) is 0 Å². The summed E-state index contributed by atoms with van der Waals surface area (Å²) in [6, 6.07) is 19.3. The summed E-state index contributed by atoms with van der Waals surface area (Å²) >= 11 is 13.0. The number of amides is 1. The zero-order valence-electron chi connectivity index (χ0n) is 21.1. The molecule has 0 saturated heterocycles. The van der Waals surface area contributed by atoms with Crippen molar-refractivity contribution in [3.05, 3.63) is 88.7 Å². The minimum Gasteiger partial charge on any atom is -0.394 e. The molecule has 3 aromatic carbocycles. The van der Waals surface area contributed by atoms with Gasteiger partial charge in [-0.3, -0.25) is 9.36 Å². The van der Waals surface area contributed by atoms with Crippen molar-refractivity contribution in [2.75, 3.05) is 12.4 Å². The lowest BCUT2D eigenvalue weighted by atomic mass is 10.1. The highest BCUT2D eigenvalue weighted by Gasteiger charge is 2.25. The summed E-state index contributed by atoms with van der Waals surface area (Å²) in [6.07, 6.45) is 1.58. The van der Waals surface area contributed by atoms with Crippen molar-refractivity contribution in [2.45, 2.75) is 31.2 Å². The van der Waals surface area contributed by atoms with E-state index in [0.29, 0.717) is 27.1 Å². The van der Waals surface area contributed by atoms with Crippen LogP contribution in [-0.4, -0.2) is 46.9 Å². The molecule has 0 aliphatic heterocycles. The van der Waals surface area contributed by atoms with E-state index in [1.54, 1.807) is 67.9 Å². The number of imidazole rings is 1. The van der Waals surface area contributed by atoms with Crippen molar-refractivity contribution in [3.63, 3.8) is 0 Å². The van der Waals surface area contributed by atoms with Gasteiger partial charge in [0.25, 0.3) is 5.91 Å². The van der Waals surface area contributed by atoms with Gasteiger partial charge in [-0.2, -0.15) is 0 Å². The normalized spacial score (nSPS) is 11.9. The number of hydrogen-bond acceptors (Lipinski definition) is 5. The molecule has 0 aliphatic rings. The molecule has 10 heteroatoms. The molecule has 2 N–H and O–H groups in total. The maximum atomic E-state index is 13.0. The number of sulfone groups is 1. The average Bonchev–Trinajstić information content (AvgIpc) is 3.34. The first-order valence-electron chi connectivity index (χ1n) is 11.9. The van der Waals surface area contributed by atoms with E-state index in [-0.39, 0.29) is 22.9 Å². The lowest BCUT2D eigenvalue weighted by Gasteiger charge is -2.22. The van der Waals surface area contributed by atoms with Crippen LogP contribution in [0.25, 0.3) is 28.2 Å². The van der Waals surface area contributed by atoms with Crippen LogP contribution in [0.3, 0.4) is 0 Å². The van der Waals surface area contributed by atoms with Crippen LogP contribution in [-0.2, 0) is 9.84 Å². The third-order valence-electron chi connectivity index (χ3n) is 6.02. The maximum absolute atomic E-state index is 13.0. The first-order chi connectivity index (χ1) is 18.0. The lowest BCUT2D eigenvalue weighted by molar-refractivity contribution is 0.0864. The van der Waals surface area contributed by atoms with E-state index in [2.05, 4.69) is 10.3 Å². The number of carbonyl (C=O) groups excluding carboxylic acids is 1. The average molecular weight is 573 g/mol. The quantitative estimate of drug-likeness (QED) is 0.278. The first kappa shape index (κ1) is 27.9. The second-order valence-corrected chi connectivity index (χ2v) is 12.5. The molecular weight excluding hydrogens is 545 g/mol. The van der Waals surface area contributed by atoms with Crippen molar-refractivity contribution >= 4 is 38.9 Å². The Balaban J connectivity index is 1.79. The van der Waals surface area contributed by atoms with Crippen molar-refractivity contribution in [1.82, 2.24) is 14.9 Å². The van der Waals surface area contributed by atoms with Gasteiger partial charge in [0, 0.05) is 11.9 Å². The second-order valence-electron chi connectivity index (χ2n) is 9.39. The minimum absolute atomic E-state index is 0.0226. The number of carbonyl (C=O) groups is 1. The molecule has 1 heterocycles. The smallest absolute Gasteiger partial charge is 0.271 e. The molecule has 0 saturated carbocycles. The zero-order chi connectivity index (χ0) is 27.7. The Bertz CT molecular complexity index is 1580. The van der Waals surface area contributed by atoms with Gasteiger partial charge in [0.05, 0.1) is 38.4 Å². The van der Waals surface area contributed by atoms with Crippen molar-refractivity contribution in [3.8, 4) is 28.2 Å². The number of benzene rings is 3. The summed E-state index contributed by atoms with van der Waals surface area (Å²) in [7, 11) is -3.34. The highest BCUT2D eigenvalue weighted by molar-refractivity contribution is 7.91. The van der Waals surface area contributed by atoms with Crippen LogP contribution in [0.1, 0.15) is 31.3 Å². The van der Waals surface area contributed by atoms with Gasteiger partial charge in [0.1, 0.15) is 11.5 Å². The van der Waals surface area contributed by atoms with Gasteiger partial charge in [-0.15, -0.1) is 0 Å². The van der Waals surface area contributed by atoms with E-state index in [4.69, 9.17) is 23.2 Å². The fourth-order valence-corrected chi connectivity index (χ4v) is 5.33. The number of nitrogens with one attached hydrogen (secondary N) is 1. The summed E-state index contributed by atoms with van der Waals surface area (Å²) in [4.78, 5) is 17.8. The maximum Gasteiger partial charge on any atom is 0.271 e. The Morgan fingerprint density at radius 3 is 2.24 bits per heavy atom. The third-order valence-corrected chi connectivity index (χ3v) is 8.39. The molecule has 38 heavy (non-hydrogen) atoms. The molecule has 0 spiro atoms. The molecule has 198 valence electrons. The molecule has 4 aromatic rings. The van der Waals surface area contributed by atoms with E-state index in [9.17, 15) is 18.3 Å². The molecular formula is C28H27Cl2N3O4S. The fraction of sp³-hybridized carbons (Fsp3) is 0.214. The Hall–Kier alpha value is -3.17. The Morgan fingerprint density at radius 1 is 1.00 bits per heavy atom. The number of hydrogen-bond donors (Lipinski definition) is 2. The van der Waals surface area contributed by atoms with Gasteiger partial charge in [-0.1, -0.05) is 60.5 Å². The van der Waals surface area contributed by atoms with Crippen molar-refractivity contribution in [1.29, 1.82) is 0 Å². The third kappa shape index (κ3) is 5.78. The fourth-order valence-electron chi connectivity index (χ4n) is 3.84. The largest absolute Gasteiger partial charge is 0.394 e. The topological polar surface area (TPSA) is 101 Å². The first-order valence-corrected chi connectivity index (χ1v) is 14.3. The zero-order valence-corrected chi connectivity index (χ0v) is 23.4. The number of rotatable bonds is 8. The second kappa shape index (κ2) is 10.9. The lowest BCUT2D eigenvalue weighted by Crippen LogP contribution is -2.46. The summed E-state index contributed by atoms with van der Waals surface area (Å²) in [6.45, 7) is 4.77. The van der Waals surface area contributed by atoms with Crippen LogP contribution in [0.5, 0.6) is 0 Å². The number of halogens is 2. The molecule has 0 unspecified atom stereocenters. The summed E-state index contributed by atoms with van der Waals surface area (Å²) < 4.78 is 26.4. The van der Waals surface area contributed by atoms with Gasteiger partial charge in [-0.05, 0) is 61.4 Å². The monoisotopic (exact) mass is 571 g/mol. The van der Waals surface area contributed by atoms with E-state index in [0.717, 1.165) is 11.1 Å². The predicted molar refractivity (Wildman–Crippen MR) is 151 cm³/mol. The molecule has 0 radical (unpaired) electrons. The van der Waals surface area contributed by atoms with E-state index >= 15 is 0 Å². The van der Waals surface area contributed by atoms with E-state index < -0.39 is 21.3 Å². The van der Waals surface area contributed by atoms with Gasteiger partial charge >= 0.3 is 0 Å². The summed E-state index contributed by atoms with van der Waals surface area (Å²) in [5, 5.41) is 13.1. The molecule has 1 aromatic heterocycles. The standard InChI is InChI=1S/C28H27Cl2N3O4S/c1-4-38(36,37)21-8-5-7-19(15-21)18-11-13-20(14-12-18)33-16-24(27(35)32-28(2,3)17-34)31-26(33)25-22(29)9-6-10-23(25)30/h5-16,34H,4,17H2,1-3H3,(H,32,35). The molecule has 0 atom stereocenters. The number of nitrogens with zero attached hydrogens (tertiary/aromatic N) is 2.